The first-order chi connectivity index (χ1) is 18.6. The summed E-state index contributed by atoms with van der Waals surface area (Å²) in [4.78, 5) is 23.0. The van der Waals surface area contributed by atoms with Crippen LogP contribution in [0.25, 0.3) is 11.1 Å². The van der Waals surface area contributed by atoms with Gasteiger partial charge < -0.3 is 15.2 Å². The van der Waals surface area contributed by atoms with Crippen LogP contribution in [0, 0.1) is 0 Å². The van der Waals surface area contributed by atoms with Crippen LogP contribution in [0.1, 0.15) is 67.4 Å². The number of carbonyl (C=O) groups excluding carboxylic acids is 1. The van der Waals surface area contributed by atoms with Gasteiger partial charge in [0.15, 0.2) is 0 Å². The molecule has 8 heteroatoms. The van der Waals surface area contributed by atoms with Gasteiger partial charge in [-0.15, -0.1) is 0 Å². The summed E-state index contributed by atoms with van der Waals surface area (Å²) in [5.41, 5.74) is 2.06. The lowest BCUT2D eigenvalue weighted by Gasteiger charge is -2.34. The van der Waals surface area contributed by atoms with Gasteiger partial charge in [-0.3, -0.25) is 9.59 Å². The van der Waals surface area contributed by atoms with E-state index in [1.165, 1.54) is 12.1 Å². The van der Waals surface area contributed by atoms with Gasteiger partial charge in [-0.25, -0.2) is 0 Å². The van der Waals surface area contributed by atoms with Gasteiger partial charge in [-0.1, -0.05) is 63.1 Å². The Morgan fingerprint density at radius 3 is 1.79 bits per heavy atom. The van der Waals surface area contributed by atoms with Crippen molar-refractivity contribution in [3.8, 4) is 16.9 Å². The van der Waals surface area contributed by atoms with Gasteiger partial charge in [0.2, 0.25) is 0 Å². The third kappa shape index (κ3) is 8.09. The number of carboxylic acids is 1. The van der Waals surface area contributed by atoms with E-state index < -0.39 is 17.7 Å². The van der Waals surface area contributed by atoms with Crippen molar-refractivity contribution in [1.82, 2.24) is 5.32 Å². The number of hydrogen-bond acceptors (Lipinski definition) is 3. The molecule has 0 fully saturated rings. The van der Waals surface area contributed by atoms with Crippen LogP contribution in [0.4, 0.5) is 13.2 Å². The van der Waals surface area contributed by atoms with Gasteiger partial charge in [0.1, 0.15) is 5.75 Å². The third-order valence-corrected chi connectivity index (χ3v) is 6.76. The number of rotatable bonds is 13. The first-order valence-electron chi connectivity index (χ1n) is 13.1. The Bertz CT molecular complexity index is 1210. The van der Waals surface area contributed by atoms with Crippen LogP contribution in [0.3, 0.4) is 0 Å². The molecule has 3 aromatic rings. The second-order valence-corrected chi connectivity index (χ2v) is 9.65. The summed E-state index contributed by atoms with van der Waals surface area (Å²) >= 11 is 0. The number of amides is 1. The number of nitrogens with one attached hydrogen (secondary N) is 1. The SMILES string of the molecule is CCCC(CCC)(COc1ccc(-c2ccc(C(F)(F)F)cc2)cc1)c1ccc(C(=O)NCCC(=O)O)cc1. The molecular weight excluding hydrogens is 507 g/mol. The molecule has 0 unspecified atom stereocenters. The Morgan fingerprint density at radius 1 is 0.795 bits per heavy atom. The number of carbonyl (C=O) groups is 2. The van der Waals surface area contributed by atoms with E-state index >= 15 is 0 Å². The number of carboxylic acid groups (broad SMARTS) is 1. The molecule has 208 valence electrons. The first kappa shape index (κ1) is 29.7. The number of halogens is 3. The zero-order valence-corrected chi connectivity index (χ0v) is 22.2. The van der Waals surface area contributed by atoms with Crippen molar-refractivity contribution in [1.29, 1.82) is 0 Å². The lowest BCUT2D eigenvalue weighted by Crippen LogP contribution is -2.33. The van der Waals surface area contributed by atoms with Crippen LogP contribution >= 0.6 is 0 Å². The van der Waals surface area contributed by atoms with Crippen molar-refractivity contribution in [3.63, 3.8) is 0 Å². The number of aliphatic carboxylic acids is 1. The van der Waals surface area contributed by atoms with E-state index in [9.17, 15) is 22.8 Å². The van der Waals surface area contributed by atoms with Gasteiger partial charge in [0.25, 0.3) is 5.91 Å². The normalized spacial score (nSPS) is 11.7. The maximum Gasteiger partial charge on any atom is 0.416 e. The Kier molecular flexibility index (Phi) is 10.2. The zero-order valence-electron chi connectivity index (χ0n) is 22.2. The average Bonchev–Trinajstić information content (AvgIpc) is 2.92. The van der Waals surface area contributed by atoms with Crippen LogP contribution in [0.2, 0.25) is 0 Å². The summed E-state index contributed by atoms with van der Waals surface area (Å²) in [5.74, 6) is -0.621. The smallest absolute Gasteiger partial charge is 0.416 e. The minimum Gasteiger partial charge on any atom is -0.493 e. The van der Waals surface area contributed by atoms with Gasteiger partial charge in [-0.05, 0) is 65.9 Å². The fraction of sp³-hybridized carbons (Fsp3) is 0.355. The maximum absolute atomic E-state index is 12.9. The summed E-state index contributed by atoms with van der Waals surface area (Å²) < 4.78 is 44.8. The predicted molar refractivity (Wildman–Crippen MR) is 145 cm³/mol. The van der Waals surface area contributed by atoms with Crippen LogP contribution < -0.4 is 10.1 Å². The molecule has 0 spiro atoms. The van der Waals surface area contributed by atoms with E-state index in [1.54, 1.807) is 12.1 Å². The van der Waals surface area contributed by atoms with Gasteiger partial charge in [-0.2, -0.15) is 13.2 Å². The molecule has 5 nitrogen and oxygen atoms in total. The minimum atomic E-state index is -4.37. The van der Waals surface area contributed by atoms with Crippen LogP contribution in [-0.2, 0) is 16.4 Å². The maximum atomic E-state index is 12.9. The van der Waals surface area contributed by atoms with E-state index in [2.05, 4.69) is 19.2 Å². The summed E-state index contributed by atoms with van der Waals surface area (Å²) in [6.45, 7) is 4.73. The Labute approximate surface area is 227 Å². The monoisotopic (exact) mass is 541 g/mol. The molecule has 0 radical (unpaired) electrons. The lowest BCUT2D eigenvalue weighted by atomic mass is 9.74. The molecule has 0 saturated heterocycles. The van der Waals surface area contributed by atoms with Crippen molar-refractivity contribution >= 4 is 11.9 Å². The van der Waals surface area contributed by atoms with Crippen LogP contribution in [0.5, 0.6) is 5.75 Å². The highest BCUT2D eigenvalue weighted by Gasteiger charge is 2.32. The van der Waals surface area contributed by atoms with Gasteiger partial charge >= 0.3 is 12.1 Å². The summed E-state index contributed by atoms with van der Waals surface area (Å²) in [7, 11) is 0. The van der Waals surface area contributed by atoms with E-state index in [0.717, 1.165) is 48.9 Å². The molecule has 0 atom stereocenters. The van der Waals surface area contributed by atoms with Crippen molar-refractivity contribution < 1.29 is 32.6 Å². The second-order valence-electron chi connectivity index (χ2n) is 9.65. The molecule has 1 amide bonds. The van der Waals surface area contributed by atoms with Gasteiger partial charge in [0, 0.05) is 17.5 Å². The first-order valence-corrected chi connectivity index (χ1v) is 13.1. The number of alkyl halides is 3. The van der Waals surface area contributed by atoms with E-state index in [-0.39, 0.29) is 24.3 Å². The fourth-order valence-electron chi connectivity index (χ4n) is 4.78. The molecular formula is C31H34F3NO4. The van der Waals surface area contributed by atoms with Crippen molar-refractivity contribution in [3.05, 3.63) is 89.5 Å². The largest absolute Gasteiger partial charge is 0.493 e. The van der Waals surface area contributed by atoms with Crippen molar-refractivity contribution in [2.24, 2.45) is 0 Å². The Balaban J connectivity index is 1.73. The molecule has 39 heavy (non-hydrogen) atoms. The predicted octanol–water partition coefficient (Wildman–Crippen LogP) is 7.49. The van der Waals surface area contributed by atoms with Crippen LogP contribution in [-0.4, -0.2) is 30.1 Å². The average molecular weight is 542 g/mol. The molecule has 0 bridgehead atoms. The standard InChI is InChI=1S/C31H34F3NO4/c1-3-18-30(19-4-2,25-11-7-24(8-12-25)29(38)35-20-17-28(36)37)21-39-27-15-9-23(10-16-27)22-5-13-26(14-6-22)31(32,33)34/h5-16H,3-4,17-21H2,1-2H3,(H,35,38)(H,36,37). The number of benzene rings is 3. The third-order valence-electron chi connectivity index (χ3n) is 6.76. The van der Waals surface area contributed by atoms with Crippen molar-refractivity contribution in [2.75, 3.05) is 13.2 Å². The summed E-state index contributed by atoms with van der Waals surface area (Å²) in [6, 6.07) is 19.8. The molecule has 2 N–H and O–H groups in total. The molecule has 0 aliphatic rings. The Morgan fingerprint density at radius 2 is 1.31 bits per heavy atom. The highest BCUT2D eigenvalue weighted by atomic mass is 19.4. The van der Waals surface area contributed by atoms with Crippen molar-refractivity contribution in [2.45, 2.75) is 57.5 Å². The molecule has 0 saturated carbocycles. The molecule has 0 aromatic heterocycles. The number of hydrogen-bond donors (Lipinski definition) is 2. The summed E-state index contributed by atoms with van der Waals surface area (Å²) in [5, 5.41) is 11.4. The fourth-order valence-corrected chi connectivity index (χ4v) is 4.78. The van der Waals surface area contributed by atoms with Crippen LogP contribution in [0.15, 0.2) is 72.8 Å². The lowest BCUT2D eigenvalue weighted by molar-refractivity contribution is -0.138. The highest BCUT2D eigenvalue weighted by Crippen LogP contribution is 2.36. The van der Waals surface area contributed by atoms with E-state index in [0.29, 0.717) is 23.5 Å². The molecule has 3 aromatic carbocycles. The van der Waals surface area contributed by atoms with E-state index in [4.69, 9.17) is 9.84 Å². The minimum absolute atomic E-state index is 0.0665. The molecule has 3 rings (SSSR count). The zero-order chi connectivity index (χ0) is 28.5. The second kappa shape index (κ2) is 13.3. The highest BCUT2D eigenvalue weighted by molar-refractivity contribution is 5.94. The van der Waals surface area contributed by atoms with E-state index in [1.807, 2.05) is 36.4 Å². The molecule has 0 heterocycles. The molecule has 0 aliphatic heterocycles. The summed E-state index contributed by atoms with van der Waals surface area (Å²) in [6.07, 6.45) is -0.860. The quantitative estimate of drug-likeness (QED) is 0.235. The molecule has 0 aliphatic carbocycles. The Hall–Kier alpha value is -3.81. The van der Waals surface area contributed by atoms with Gasteiger partial charge in [0.05, 0.1) is 18.6 Å². The topological polar surface area (TPSA) is 75.6 Å². The number of ether oxygens (including phenoxy) is 1.